The van der Waals surface area contributed by atoms with Gasteiger partial charge in [-0.15, -0.1) is 11.3 Å². The van der Waals surface area contributed by atoms with Gasteiger partial charge in [0, 0.05) is 64.5 Å². The molecule has 11 aromatic carbocycles. The summed E-state index contributed by atoms with van der Waals surface area (Å²) in [6, 6.07) is 83.7. The minimum absolute atomic E-state index is 0.125. The fourth-order valence-electron chi connectivity index (χ4n) is 12.6. The maximum absolute atomic E-state index is 7.23. The smallest absolute Gasteiger partial charge is 0.140 e. The lowest BCUT2D eigenvalue weighted by Crippen LogP contribution is -2.32. The topological polar surface area (TPSA) is 12.5 Å². The Hall–Kier alpha value is -8.24. The van der Waals surface area contributed by atoms with Crippen LogP contribution in [0.5, 0.6) is 11.5 Å². The number of benzene rings is 11. The van der Waals surface area contributed by atoms with Crippen LogP contribution >= 0.6 is 11.3 Å². The molecule has 69 heavy (non-hydrogen) atoms. The minimum atomic E-state index is -0.609. The number of nitrogens with zero attached hydrogens (tertiary/aromatic N) is 1. The second-order valence-corrected chi connectivity index (χ2v) is 20.6. The van der Waals surface area contributed by atoms with E-state index in [0.29, 0.717) is 0 Å². The van der Waals surface area contributed by atoms with Crippen LogP contribution in [-0.2, 0) is 10.8 Å². The van der Waals surface area contributed by atoms with Gasteiger partial charge in [0.05, 0.1) is 5.41 Å². The highest BCUT2D eigenvalue weighted by Gasteiger charge is 2.52. The Kier molecular flexibility index (Phi) is 7.96. The summed E-state index contributed by atoms with van der Waals surface area (Å²) in [6.07, 6.45) is 0. The normalized spacial score (nSPS) is 14.3. The standard InChI is InChI=1S/C66H43NOS/c1-65(2)54-22-10-7-18-49(54)50-34-32-44(38-59(50)65)67(45-33-35-52-51-19-9-12-25-60(51)69-61(52)39-45)43-30-26-42(27-31-43)46-21-13-24-56-62(46)53-20-8-11-23-55(53)66(56)57-36-28-40-14-3-5-16-47(40)63(57)68-64-48-17-6-4-15-41(48)29-37-58(64)66/h3-39H,1-2H3. The lowest BCUT2D eigenvalue weighted by Gasteiger charge is -2.40. The molecule has 2 aliphatic carbocycles. The summed E-state index contributed by atoms with van der Waals surface area (Å²) >= 11 is 1.87. The first kappa shape index (κ1) is 38.8. The molecule has 2 nitrogen and oxygen atoms in total. The van der Waals surface area contributed by atoms with Crippen LogP contribution in [0, 0.1) is 0 Å². The van der Waals surface area contributed by atoms with Gasteiger partial charge in [-0.3, -0.25) is 0 Å². The first-order valence-corrected chi connectivity index (χ1v) is 24.8. The van der Waals surface area contributed by atoms with Gasteiger partial charge >= 0.3 is 0 Å². The summed E-state index contributed by atoms with van der Waals surface area (Å²) in [7, 11) is 0. The molecule has 1 aliphatic heterocycles. The van der Waals surface area contributed by atoms with Crippen molar-refractivity contribution in [3.8, 4) is 44.9 Å². The average molecular weight is 898 g/mol. The summed E-state index contributed by atoms with van der Waals surface area (Å²) < 4.78 is 9.83. The monoisotopic (exact) mass is 897 g/mol. The van der Waals surface area contributed by atoms with E-state index in [1.807, 2.05) is 11.3 Å². The van der Waals surface area contributed by atoms with Crippen molar-refractivity contribution in [2.45, 2.75) is 24.7 Å². The molecule has 0 amide bonds. The van der Waals surface area contributed by atoms with E-state index in [2.05, 4.69) is 243 Å². The van der Waals surface area contributed by atoms with E-state index in [0.717, 1.165) is 39.3 Å². The van der Waals surface area contributed by atoms with Gasteiger partial charge < -0.3 is 9.64 Å². The van der Waals surface area contributed by atoms with E-state index in [1.165, 1.54) is 97.7 Å². The molecule has 0 unspecified atom stereocenters. The fraction of sp³-hybridized carbons (Fsp3) is 0.0606. The lowest BCUT2D eigenvalue weighted by molar-refractivity contribution is 0.447. The summed E-state index contributed by atoms with van der Waals surface area (Å²) in [5.74, 6) is 1.87. The zero-order valence-electron chi connectivity index (χ0n) is 38.1. The third-order valence-corrected chi connectivity index (χ3v) is 16.9. The predicted molar refractivity (Wildman–Crippen MR) is 289 cm³/mol. The molecule has 0 bridgehead atoms. The number of rotatable bonds is 4. The van der Waals surface area contributed by atoms with Crippen molar-refractivity contribution in [3.63, 3.8) is 0 Å². The van der Waals surface area contributed by atoms with Gasteiger partial charge in [-0.05, 0) is 109 Å². The van der Waals surface area contributed by atoms with Crippen LogP contribution in [0.4, 0.5) is 17.1 Å². The van der Waals surface area contributed by atoms with Crippen molar-refractivity contribution in [1.29, 1.82) is 0 Å². The van der Waals surface area contributed by atoms with Gasteiger partial charge in [0.1, 0.15) is 11.5 Å². The van der Waals surface area contributed by atoms with Crippen molar-refractivity contribution in [1.82, 2.24) is 0 Å². The van der Waals surface area contributed by atoms with E-state index >= 15 is 0 Å². The molecule has 1 spiro atoms. The van der Waals surface area contributed by atoms with Crippen molar-refractivity contribution >= 4 is 70.1 Å². The molecule has 0 N–H and O–H groups in total. The highest BCUT2D eigenvalue weighted by Crippen LogP contribution is 2.65. The molecule has 0 fully saturated rings. The molecular weight excluding hydrogens is 855 g/mol. The van der Waals surface area contributed by atoms with Crippen molar-refractivity contribution in [3.05, 3.63) is 258 Å². The molecule has 0 radical (unpaired) electrons. The molecule has 0 saturated carbocycles. The van der Waals surface area contributed by atoms with Gasteiger partial charge in [-0.1, -0.05) is 196 Å². The quantitative estimate of drug-likeness (QED) is 0.175. The second-order valence-electron chi connectivity index (χ2n) is 19.5. The van der Waals surface area contributed by atoms with E-state index in [1.54, 1.807) is 0 Å². The Morgan fingerprint density at radius 2 is 0.913 bits per heavy atom. The Labute approximate surface area is 405 Å². The van der Waals surface area contributed by atoms with Gasteiger partial charge in [0.2, 0.25) is 0 Å². The van der Waals surface area contributed by atoms with Crippen LogP contribution in [0.3, 0.4) is 0 Å². The molecule has 0 atom stereocenters. The number of thiophene rings is 1. The lowest BCUT2D eigenvalue weighted by atomic mass is 9.65. The van der Waals surface area contributed by atoms with Gasteiger partial charge in [-0.25, -0.2) is 0 Å². The molecule has 12 aromatic rings. The zero-order valence-corrected chi connectivity index (χ0v) is 38.9. The Balaban J connectivity index is 0.924. The number of hydrogen-bond donors (Lipinski definition) is 0. The molecular formula is C66H43NOS. The largest absolute Gasteiger partial charge is 0.455 e. The predicted octanol–water partition coefficient (Wildman–Crippen LogP) is 18.3. The third-order valence-electron chi connectivity index (χ3n) is 15.7. The molecule has 3 heteroatoms. The van der Waals surface area contributed by atoms with E-state index in [-0.39, 0.29) is 5.41 Å². The zero-order chi connectivity index (χ0) is 45.6. The number of anilines is 3. The molecule has 2 heterocycles. The third kappa shape index (κ3) is 5.26. The van der Waals surface area contributed by atoms with Crippen molar-refractivity contribution < 1.29 is 4.74 Å². The van der Waals surface area contributed by atoms with Crippen LogP contribution < -0.4 is 9.64 Å². The minimum Gasteiger partial charge on any atom is -0.455 e. The van der Waals surface area contributed by atoms with E-state index in [4.69, 9.17) is 4.74 Å². The fourth-order valence-corrected chi connectivity index (χ4v) is 13.8. The van der Waals surface area contributed by atoms with Crippen LogP contribution in [0.15, 0.2) is 224 Å². The molecule has 3 aliphatic rings. The Bertz CT molecular complexity index is 4070. The molecule has 0 saturated heterocycles. The number of fused-ring (bicyclic) bond motifs is 19. The van der Waals surface area contributed by atoms with Crippen molar-refractivity contribution in [2.24, 2.45) is 0 Å². The second kappa shape index (κ2) is 14.1. The Morgan fingerprint density at radius 3 is 1.67 bits per heavy atom. The average Bonchev–Trinajstić information content (AvgIpc) is 4.00. The first-order valence-electron chi connectivity index (χ1n) is 24.0. The maximum atomic E-state index is 7.23. The van der Waals surface area contributed by atoms with E-state index in [9.17, 15) is 0 Å². The highest BCUT2D eigenvalue weighted by atomic mass is 32.1. The summed E-state index contributed by atoms with van der Waals surface area (Å²) in [6.45, 7) is 4.73. The summed E-state index contributed by atoms with van der Waals surface area (Å²) in [5.41, 5.74) is 17.9. The van der Waals surface area contributed by atoms with Crippen LogP contribution in [0.2, 0.25) is 0 Å². The van der Waals surface area contributed by atoms with Crippen molar-refractivity contribution in [2.75, 3.05) is 4.90 Å². The number of hydrogen-bond acceptors (Lipinski definition) is 3. The number of ether oxygens (including phenoxy) is 1. The van der Waals surface area contributed by atoms with Gasteiger partial charge in [-0.2, -0.15) is 0 Å². The van der Waals surface area contributed by atoms with E-state index < -0.39 is 5.41 Å². The van der Waals surface area contributed by atoms with Gasteiger partial charge in [0.25, 0.3) is 0 Å². The Morgan fingerprint density at radius 1 is 0.362 bits per heavy atom. The first-order chi connectivity index (χ1) is 34.0. The maximum Gasteiger partial charge on any atom is 0.140 e. The molecule has 1 aromatic heterocycles. The SMILES string of the molecule is CC1(C)c2ccccc2-c2ccc(N(c3ccc(-c4cccc5c4-c4ccccc4C54c5ccc6ccccc6c5Oc5c4ccc4ccccc54)cc3)c3ccc4c(c3)sc3ccccc34)cc21. The highest BCUT2D eigenvalue weighted by molar-refractivity contribution is 7.25. The summed E-state index contributed by atoms with van der Waals surface area (Å²) in [4.78, 5) is 2.46. The molecule has 324 valence electrons. The molecule has 15 rings (SSSR count). The van der Waals surface area contributed by atoms with Crippen LogP contribution in [0.25, 0.3) is 75.1 Å². The summed E-state index contributed by atoms with van der Waals surface area (Å²) in [5, 5.41) is 7.19. The van der Waals surface area contributed by atoms with Gasteiger partial charge in [0.15, 0.2) is 0 Å². The van der Waals surface area contributed by atoms with Crippen LogP contribution in [-0.4, -0.2) is 0 Å². The van der Waals surface area contributed by atoms with Crippen LogP contribution in [0.1, 0.15) is 47.2 Å².